The molecule has 0 saturated heterocycles. The lowest BCUT2D eigenvalue weighted by molar-refractivity contribution is 0.617. The fourth-order valence-corrected chi connectivity index (χ4v) is 2.09. The molecule has 0 amide bonds. The van der Waals surface area contributed by atoms with Crippen LogP contribution in [0.2, 0.25) is 0 Å². The first-order chi connectivity index (χ1) is 7.99. The summed E-state index contributed by atoms with van der Waals surface area (Å²) in [5, 5.41) is 8.81. The van der Waals surface area contributed by atoms with E-state index in [2.05, 4.69) is 6.07 Å². The van der Waals surface area contributed by atoms with Crippen LogP contribution < -0.4 is 10.6 Å². The molecule has 0 saturated carbocycles. The van der Waals surface area contributed by atoms with Crippen LogP contribution in [-0.2, 0) is 0 Å². The van der Waals surface area contributed by atoms with Gasteiger partial charge in [-0.25, -0.2) is 4.39 Å². The Balaban J connectivity index is 3.04. The van der Waals surface area contributed by atoms with Crippen LogP contribution >= 0.6 is 22.6 Å². The molecule has 0 radical (unpaired) electrons. The summed E-state index contributed by atoms with van der Waals surface area (Å²) >= 11 is 1.91. The van der Waals surface area contributed by atoms with Crippen molar-refractivity contribution in [1.82, 2.24) is 0 Å². The summed E-state index contributed by atoms with van der Waals surface area (Å²) in [6.07, 6.45) is 0. The molecule has 0 heterocycles. The highest BCUT2D eigenvalue weighted by Crippen LogP contribution is 2.28. The van der Waals surface area contributed by atoms with Gasteiger partial charge in [-0.3, -0.25) is 0 Å². The van der Waals surface area contributed by atoms with Gasteiger partial charge < -0.3 is 10.6 Å². The maximum absolute atomic E-state index is 13.5. The molecule has 1 aromatic carbocycles. The molecule has 5 heteroatoms. The molecular formula is C12H15FIN3. The summed E-state index contributed by atoms with van der Waals surface area (Å²) in [7, 11) is 0. The van der Waals surface area contributed by atoms with Gasteiger partial charge in [0.15, 0.2) is 0 Å². The van der Waals surface area contributed by atoms with Crippen LogP contribution in [0.25, 0.3) is 0 Å². The molecule has 1 aromatic rings. The van der Waals surface area contributed by atoms with E-state index in [9.17, 15) is 4.39 Å². The van der Waals surface area contributed by atoms with Crippen LogP contribution in [-0.4, -0.2) is 13.1 Å². The third-order valence-electron chi connectivity index (χ3n) is 2.51. The highest BCUT2D eigenvalue weighted by molar-refractivity contribution is 14.1. The van der Waals surface area contributed by atoms with E-state index in [0.29, 0.717) is 28.0 Å². The first kappa shape index (κ1) is 14.0. The van der Waals surface area contributed by atoms with E-state index in [4.69, 9.17) is 11.0 Å². The minimum absolute atomic E-state index is 0.114. The van der Waals surface area contributed by atoms with Crippen molar-refractivity contribution in [1.29, 1.82) is 5.26 Å². The number of hydrogen-bond donors (Lipinski definition) is 1. The quantitative estimate of drug-likeness (QED) is 0.673. The van der Waals surface area contributed by atoms with Crippen LogP contribution in [0, 0.1) is 26.6 Å². The van der Waals surface area contributed by atoms with Crippen LogP contribution in [0.15, 0.2) is 12.1 Å². The van der Waals surface area contributed by atoms with E-state index >= 15 is 0 Å². The summed E-state index contributed by atoms with van der Waals surface area (Å²) < 4.78 is 14.0. The largest absolute Gasteiger partial charge is 0.397 e. The van der Waals surface area contributed by atoms with Gasteiger partial charge in [0.05, 0.1) is 26.9 Å². The fraction of sp³-hybridized carbons (Fsp3) is 0.417. The van der Waals surface area contributed by atoms with Gasteiger partial charge in [-0.2, -0.15) is 5.26 Å². The lowest BCUT2D eigenvalue weighted by Crippen LogP contribution is -2.28. The van der Waals surface area contributed by atoms with Crippen LogP contribution in [0.5, 0.6) is 0 Å². The Labute approximate surface area is 115 Å². The van der Waals surface area contributed by atoms with E-state index in [1.807, 2.05) is 41.3 Å². The van der Waals surface area contributed by atoms with Crippen molar-refractivity contribution in [2.75, 3.05) is 23.7 Å². The van der Waals surface area contributed by atoms with Gasteiger partial charge in [-0.1, -0.05) is 0 Å². The molecule has 0 fully saturated rings. The molecule has 3 nitrogen and oxygen atoms in total. The Morgan fingerprint density at radius 2 is 2.24 bits per heavy atom. The van der Waals surface area contributed by atoms with E-state index in [0.717, 1.165) is 0 Å². The number of hydrogen-bond acceptors (Lipinski definition) is 3. The first-order valence-corrected chi connectivity index (χ1v) is 6.46. The highest BCUT2D eigenvalue weighted by Gasteiger charge is 2.14. The number of nitriles is 1. The molecule has 92 valence electrons. The summed E-state index contributed by atoms with van der Waals surface area (Å²) in [6.45, 7) is 5.04. The molecule has 0 aromatic heterocycles. The van der Waals surface area contributed by atoms with Gasteiger partial charge in [-0.05, 0) is 42.5 Å². The van der Waals surface area contributed by atoms with Gasteiger partial charge in [0.2, 0.25) is 0 Å². The van der Waals surface area contributed by atoms with Gasteiger partial charge in [-0.15, -0.1) is 0 Å². The monoisotopic (exact) mass is 347 g/mol. The predicted molar refractivity (Wildman–Crippen MR) is 76.2 cm³/mol. The lowest BCUT2D eigenvalue weighted by atomic mass is 10.1. The summed E-state index contributed by atoms with van der Waals surface area (Å²) in [6, 6.07) is 5.22. The summed E-state index contributed by atoms with van der Waals surface area (Å²) in [4.78, 5) is 1.92. The smallest absolute Gasteiger partial charge is 0.138 e. The number of nitrogens with two attached hydrogens (primary N) is 1. The summed E-state index contributed by atoms with van der Waals surface area (Å²) in [5.41, 5.74) is 7.09. The van der Waals surface area contributed by atoms with Crippen molar-refractivity contribution in [3.63, 3.8) is 0 Å². The average Bonchev–Trinajstić information content (AvgIpc) is 2.30. The topological polar surface area (TPSA) is 53.0 Å². The Morgan fingerprint density at radius 1 is 1.59 bits per heavy atom. The lowest BCUT2D eigenvalue weighted by Gasteiger charge is -2.25. The third kappa shape index (κ3) is 3.46. The SMILES string of the molecule is CCN(CC(C)C#N)c1cc(F)c(I)cc1N. The highest BCUT2D eigenvalue weighted by atomic mass is 127. The maximum atomic E-state index is 13.5. The number of anilines is 2. The minimum atomic E-state index is -0.280. The standard InChI is InChI=1S/C12H15FIN3/c1-3-17(7-8(2)6-15)12-4-9(13)10(14)5-11(12)16/h4-5,8H,3,7,16H2,1-2H3. The van der Waals surface area contributed by atoms with Gasteiger partial charge in [0, 0.05) is 19.2 Å². The average molecular weight is 347 g/mol. The number of rotatable bonds is 4. The Bertz CT molecular complexity index is 442. The number of benzene rings is 1. The van der Waals surface area contributed by atoms with Gasteiger partial charge >= 0.3 is 0 Å². The van der Waals surface area contributed by atoms with Crippen LogP contribution in [0.1, 0.15) is 13.8 Å². The van der Waals surface area contributed by atoms with E-state index in [-0.39, 0.29) is 11.7 Å². The second kappa shape index (κ2) is 6.05. The fourth-order valence-electron chi connectivity index (χ4n) is 1.59. The van der Waals surface area contributed by atoms with Crippen LogP contribution in [0.3, 0.4) is 0 Å². The zero-order valence-corrected chi connectivity index (χ0v) is 12.0. The van der Waals surface area contributed by atoms with Crippen molar-refractivity contribution in [3.05, 3.63) is 21.5 Å². The number of halogens is 2. The molecule has 1 atom stereocenters. The van der Waals surface area contributed by atoms with Crippen molar-refractivity contribution in [3.8, 4) is 6.07 Å². The van der Waals surface area contributed by atoms with Gasteiger partial charge in [0.25, 0.3) is 0 Å². The minimum Gasteiger partial charge on any atom is -0.397 e. The van der Waals surface area contributed by atoms with E-state index < -0.39 is 0 Å². The zero-order chi connectivity index (χ0) is 13.0. The van der Waals surface area contributed by atoms with Crippen molar-refractivity contribution < 1.29 is 4.39 Å². The number of nitrogens with zero attached hydrogens (tertiary/aromatic N) is 2. The molecule has 0 aliphatic heterocycles. The van der Waals surface area contributed by atoms with E-state index in [1.165, 1.54) is 6.07 Å². The Kier molecular flexibility index (Phi) is 5.00. The maximum Gasteiger partial charge on any atom is 0.138 e. The van der Waals surface area contributed by atoms with Crippen LogP contribution in [0.4, 0.5) is 15.8 Å². The van der Waals surface area contributed by atoms with E-state index in [1.54, 1.807) is 6.07 Å². The molecule has 0 aliphatic carbocycles. The third-order valence-corrected chi connectivity index (χ3v) is 3.33. The molecule has 1 unspecified atom stereocenters. The van der Waals surface area contributed by atoms with Crippen molar-refractivity contribution in [2.45, 2.75) is 13.8 Å². The Hall–Kier alpha value is -1.03. The normalized spacial score (nSPS) is 11.9. The molecule has 0 aliphatic rings. The predicted octanol–water partition coefficient (Wildman–Crippen LogP) is 3.00. The second-order valence-corrected chi connectivity index (χ2v) is 5.06. The van der Waals surface area contributed by atoms with Gasteiger partial charge in [0.1, 0.15) is 5.82 Å². The molecule has 0 spiro atoms. The second-order valence-electron chi connectivity index (χ2n) is 3.89. The Morgan fingerprint density at radius 3 is 2.76 bits per heavy atom. The first-order valence-electron chi connectivity index (χ1n) is 5.38. The molecule has 1 rings (SSSR count). The zero-order valence-electron chi connectivity index (χ0n) is 9.87. The molecule has 0 bridgehead atoms. The van der Waals surface area contributed by atoms with Crippen molar-refractivity contribution in [2.24, 2.45) is 5.92 Å². The molecule has 2 N–H and O–H groups in total. The van der Waals surface area contributed by atoms with Crippen molar-refractivity contribution >= 4 is 34.0 Å². The summed E-state index contributed by atoms with van der Waals surface area (Å²) in [5.74, 6) is -0.394. The number of nitrogen functional groups attached to an aromatic ring is 1. The molecular weight excluding hydrogens is 332 g/mol. The molecule has 17 heavy (non-hydrogen) atoms.